The summed E-state index contributed by atoms with van der Waals surface area (Å²) >= 11 is 0. The number of hydrogen-bond acceptors (Lipinski definition) is 5. The van der Waals surface area contributed by atoms with Gasteiger partial charge < -0.3 is 24.0 Å². The lowest BCUT2D eigenvalue weighted by Gasteiger charge is -2.29. The van der Waals surface area contributed by atoms with E-state index >= 15 is 0 Å². The normalized spacial score (nSPS) is 19.9. The van der Waals surface area contributed by atoms with Crippen LogP contribution in [0.25, 0.3) is 0 Å². The predicted octanol–water partition coefficient (Wildman–Crippen LogP) is 4.25. The van der Waals surface area contributed by atoms with E-state index in [1.54, 1.807) is 27.0 Å². The van der Waals surface area contributed by atoms with E-state index in [2.05, 4.69) is 0 Å². The second kappa shape index (κ2) is 10.6. The summed E-state index contributed by atoms with van der Waals surface area (Å²) in [5.74, 6) is -1.79. The lowest BCUT2D eigenvalue weighted by molar-refractivity contribution is -0.132. The Kier molecular flexibility index (Phi) is 7.54. The average Bonchev–Trinajstić information content (AvgIpc) is 3.46. The Balaban J connectivity index is 1.48. The van der Waals surface area contributed by atoms with E-state index in [0.717, 1.165) is 24.5 Å². The van der Waals surface area contributed by atoms with E-state index in [4.69, 9.17) is 14.2 Å². The number of amides is 2. The molecule has 0 spiro atoms. The molecule has 2 saturated heterocycles. The summed E-state index contributed by atoms with van der Waals surface area (Å²) in [6.07, 6.45) is 1.63. The van der Waals surface area contributed by atoms with Crippen molar-refractivity contribution < 1.29 is 32.6 Å². The topological polar surface area (TPSA) is 68.3 Å². The third-order valence-corrected chi connectivity index (χ3v) is 6.32. The fraction of sp³-hybridized carbons (Fsp3) is 0.462. The van der Waals surface area contributed by atoms with Gasteiger partial charge in [-0.3, -0.25) is 9.59 Å². The molecule has 9 heteroatoms. The lowest BCUT2D eigenvalue weighted by atomic mass is 9.98. The second-order valence-electron chi connectivity index (χ2n) is 9.08. The molecule has 2 fully saturated rings. The highest BCUT2D eigenvalue weighted by Gasteiger charge is 2.34. The van der Waals surface area contributed by atoms with Gasteiger partial charge in [-0.1, -0.05) is 12.1 Å². The van der Waals surface area contributed by atoms with Gasteiger partial charge in [0.1, 0.15) is 6.54 Å². The number of likely N-dealkylation sites (tertiary alicyclic amines) is 1. The zero-order valence-electron chi connectivity index (χ0n) is 20.1. The second-order valence-corrected chi connectivity index (χ2v) is 9.08. The van der Waals surface area contributed by atoms with Crippen LogP contribution in [0.3, 0.4) is 0 Å². The molecule has 0 N–H and O–H groups in total. The van der Waals surface area contributed by atoms with Crippen molar-refractivity contribution >= 4 is 17.5 Å². The maximum atomic E-state index is 14.4. The molecule has 4 rings (SSSR count). The number of rotatable bonds is 8. The highest BCUT2D eigenvalue weighted by atomic mass is 19.2. The highest BCUT2D eigenvalue weighted by molar-refractivity contribution is 5.97. The van der Waals surface area contributed by atoms with Gasteiger partial charge in [-0.2, -0.15) is 0 Å². The van der Waals surface area contributed by atoms with Crippen LogP contribution < -0.4 is 14.4 Å². The Morgan fingerprint density at radius 3 is 2.71 bits per heavy atom. The number of nitrogens with zero attached hydrogens (tertiary/aromatic N) is 2. The van der Waals surface area contributed by atoms with Crippen LogP contribution in [0.1, 0.15) is 44.6 Å². The summed E-state index contributed by atoms with van der Waals surface area (Å²) in [5, 5.41) is 0. The molecular formula is C26H30F2N2O5. The van der Waals surface area contributed by atoms with Crippen molar-refractivity contribution in [2.24, 2.45) is 0 Å². The van der Waals surface area contributed by atoms with Gasteiger partial charge in [-0.25, -0.2) is 8.78 Å². The number of benzene rings is 2. The smallest absolute Gasteiger partial charge is 0.246 e. The van der Waals surface area contributed by atoms with Gasteiger partial charge in [0.15, 0.2) is 29.4 Å². The fourth-order valence-corrected chi connectivity index (χ4v) is 4.59. The zero-order chi connectivity index (χ0) is 25.1. The summed E-state index contributed by atoms with van der Waals surface area (Å²) in [6, 6.07) is 8.82. The number of carbonyl (C=O) groups excluding carboxylic acids is 2. The van der Waals surface area contributed by atoms with Gasteiger partial charge in [-0.05, 0) is 50.1 Å². The summed E-state index contributed by atoms with van der Waals surface area (Å²) in [6.45, 7) is 4.18. The molecule has 0 radical (unpaired) electrons. The van der Waals surface area contributed by atoms with E-state index < -0.39 is 23.6 Å². The molecule has 2 aliphatic heterocycles. The van der Waals surface area contributed by atoms with E-state index in [1.807, 2.05) is 12.1 Å². The third-order valence-electron chi connectivity index (χ3n) is 6.32. The number of anilines is 1. The molecular weight excluding hydrogens is 458 g/mol. The Bertz CT molecular complexity index is 1090. The molecule has 2 atom stereocenters. The van der Waals surface area contributed by atoms with Crippen molar-refractivity contribution in [1.82, 2.24) is 4.90 Å². The van der Waals surface area contributed by atoms with E-state index in [0.29, 0.717) is 24.7 Å². The quantitative estimate of drug-likeness (QED) is 0.556. The molecule has 2 aliphatic rings. The number of methoxy groups -OCH3 is 1. The molecule has 0 saturated carbocycles. The molecule has 0 aliphatic carbocycles. The molecule has 7 nitrogen and oxygen atoms in total. The summed E-state index contributed by atoms with van der Waals surface area (Å²) in [4.78, 5) is 28.5. The van der Waals surface area contributed by atoms with E-state index in [9.17, 15) is 18.4 Å². The van der Waals surface area contributed by atoms with Crippen molar-refractivity contribution in [3.05, 3.63) is 53.6 Å². The molecule has 2 aromatic carbocycles. The first kappa shape index (κ1) is 24.9. The predicted molar refractivity (Wildman–Crippen MR) is 126 cm³/mol. The van der Waals surface area contributed by atoms with Crippen LogP contribution in [0.5, 0.6) is 11.5 Å². The first-order chi connectivity index (χ1) is 16.8. The molecule has 35 heavy (non-hydrogen) atoms. The first-order valence-electron chi connectivity index (χ1n) is 11.8. The van der Waals surface area contributed by atoms with E-state index in [-0.39, 0.29) is 36.8 Å². The SMILES string of the molecule is COc1ccc([C@@H]2CC(=O)N(CC(=O)N(c3cccc(F)c3F)C(C)C)C2)cc1OC1CCCO1. The number of carbonyl (C=O) groups is 2. The molecule has 0 bridgehead atoms. The van der Waals surface area contributed by atoms with Crippen molar-refractivity contribution in [3.63, 3.8) is 0 Å². The monoisotopic (exact) mass is 488 g/mol. The third kappa shape index (κ3) is 5.40. The van der Waals surface area contributed by atoms with Gasteiger partial charge in [-0.15, -0.1) is 0 Å². The summed E-state index contributed by atoms with van der Waals surface area (Å²) in [5.41, 5.74) is 0.748. The molecule has 2 heterocycles. The molecule has 0 aromatic heterocycles. The van der Waals surface area contributed by atoms with Gasteiger partial charge in [0.05, 0.1) is 19.4 Å². The summed E-state index contributed by atoms with van der Waals surface area (Å²) < 4.78 is 45.1. The van der Waals surface area contributed by atoms with Gasteiger partial charge >= 0.3 is 0 Å². The van der Waals surface area contributed by atoms with E-state index in [1.165, 1.54) is 21.9 Å². The lowest BCUT2D eigenvalue weighted by Crippen LogP contribution is -2.44. The first-order valence-corrected chi connectivity index (χ1v) is 11.8. The zero-order valence-corrected chi connectivity index (χ0v) is 20.1. The van der Waals surface area contributed by atoms with Crippen LogP contribution in [0.15, 0.2) is 36.4 Å². The van der Waals surface area contributed by atoms with Crippen LogP contribution in [0.2, 0.25) is 0 Å². The number of halogens is 2. The molecule has 2 amide bonds. The van der Waals surface area contributed by atoms with Crippen LogP contribution >= 0.6 is 0 Å². The maximum Gasteiger partial charge on any atom is 0.246 e. The van der Waals surface area contributed by atoms with Gasteiger partial charge in [0, 0.05) is 31.3 Å². The fourth-order valence-electron chi connectivity index (χ4n) is 4.59. The largest absolute Gasteiger partial charge is 0.493 e. The number of ether oxygens (including phenoxy) is 3. The van der Waals surface area contributed by atoms with Crippen LogP contribution in [0.4, 0.5) is 14.5 Å². The van der Waals surface area contributed by atoms with Crippen molar-refractivity contribution in [2.75, 3.05) is 31.7 Å². The maximum absolute atomic E-state index is 14.4. The minimum absolute atomic E-state index is 0.140. The average molecular weight is 489 g/mol. The van der Waals surface area contributed by atoms with Gasteiger partial charge in [0.25, 0.3) is 0 Å². The Morgan fingerprint density at radius 1 is 1.23 bits per heavy atom. The van der Waals surface area contributed by atoms with Crippen molar-refractivity contribution in [3.8, 4) is 11.5 Å². The minimum Gasteiger partial charge on any atom is -0.493 e. The summed E-state index contributed by atoms with van der Waals surface area (Å²) in [7, 11) is 1.56. The molecule has 2 aromatic rings. The number of hydrogen-bond donors (Lipinski definition) is 0. The van der Waals surface area contributed by atoms with Crippen LogP contribution in [0, 0.1) is 11.6 Å². The standard InChI is InChI=1S/C26H30F2N2O5/c1-16(2)30(20-7-4-6-19(27)26(20)28)24(32)15-29-14-18(13-23(29)31)17-9-10-21(33-3)22(12-17)35-25-8-5-11-34-25/h4,6-7,9-10,12,16,18,25H,5,8,11,13-15H2,1-3H3/t18-,25?/m1/s1. The Labute approximate surface area is 203 Å². The van der Waals surface area contributed by atoms with Crippen LogP contribution in [-0.2, 0) is 14.3 Å². The van der Waals surface area contributed by atoms with Crippen molar-refractivity contribution in [2.45, 2.75) is 51.4 Å². The molecule has 1 unspecified atom stereocenters. The Morgan fingerprint density at radius 2 is 2.03 bits per heavy atom. The highest BCUT2D eigenvalue weighted by Crippen LogP contribution is 2.36. The minimum atomic E-state index is -1.09. The molecule has 188 valence electrons. The Hall–Kier alpha value is -3.20. The van der Waals surface area contributed by atoms with Gasteiger partial charge in [0.2, 0.25) is 11.8 Å². The van der Waals surface area contributed by atoms with Crippen LogP contribution in [-0.4, -0.2) is 55.9 Å². The van der Waals surface area contributed by atoms with Crippen molar-refractivity contribution in [1.29, 1.82) is 0 Å².